The molecule has 1 amide bonds. The second kappa shape index (κ2) is 7.70. The molecule has 2 aromatic heterocycles. The summed E-state index contributed by atoms with van der Waals surface area (Å²) in [4.78, 5) is 23.3. The van der Waals surface area contributed by atoms with E-state index < -0.39 is 0 Å². The van der Waals surface area contributed by atoms with Crippen molar-refractivity contribution < 1.29 is 4.79 Å². The third-order valence-corrected chi connectivity index (χ3v) is 3.79. The molecule has 4 nitrogen and oxygen atoms in total. The third-order valence-electron chi connectivity index (χ3n) is 3.54. The van der Waals surface area contributed by atoms with Crippen LogP contribution in [-0.2, 0) is 13.1 Å². The van der Waals surface area contributed by atoms with Crippen molar-refractivity contribution in [2.24, 2.45) is 0 Å². The summed E-state index contributed by atoms with van der Waals surface area (Å²) in [5.74, 6) is -0.0806. The van der Waals surface area contributed by atoms with Crippen molar-refractivity contribution >= 4 is 17.5 Å². The molecular formula is C19H16ClN3O. The van der Waals surface area contributed by atoms with Gasteiger partial charge in [0, 0.05) is 23.0 Å². The summed E-state index contributed by atoms with van der Waals surface area (Å²) in [6, 6.07) is 18.2. The fourth-order valence-electron chi connectivity index (χ4n) is 2.35. The summed E-state index contributed by atoms with van der Waals surface area (Å²) in [6.07, 6.45) is 3.45. The van der Waals surface area contributed by atoms with E-state index in [1.165, 1.54) is 0 Å². The van der Waals surface area contributed by atoms with Crippen molar-refractivity contribution in [2.45, 2.75) is 13.1 Å². The number of halogens is 1. The van der Waals surface area contributed by atoms with Gasteiger partial charge in [-0.15, -0.1) is 0 Å². The maximum Gasteiger partial charge on any atom is 0.254 e. The molecule has 0 aliphatic carbocycles. The van der Waals surface area contributed by atoms with Crippen LogP contribution in [0.3, 0.4) is 0 Å². The summed E-state index contributed by atoms with van der Waals surface area (Å²) in [5.41, 5.74) is 2.25. The molecule has 120 valence electrons. The second-order valence-electron chi connectivity index (χ2n) is 5.31. The summed E-state index contributed by atoms with van der Waals surface area (Å²) in [5, 5.41) is 0.604. The van der Waals surface area contributed by atoms with Gasteiger partial charge in [0.1, 0.15) is 0 Å². The number of carbonyl (C=O) groups is 1. The van der Waals surface area contributed by atoms with Crippen LogP contribution in [0, 0.1) is 0 Å². The molecule has 1 aromatic carbocycles. The van der Waals surface area contributed by atoms with Crippen molar-refractivity contribution in [1.29, 1.82) is 0 Å². The standard InChI is InChI=1S/C19H16ClN3O/c20-16-9-7-15(8-10-16)19(24)23(13-17-5-1-3-11-21-17)14-18-6-2-4-12-22-18/h1-12H,13-14H2. The van der Waals surface area contributed by atoms with Crippen molar-refractivity contribution in [3.63, 3.8) is 0 Å². The van der Waals surface area contributed by atoms with Crippen LogP contribution in [-0.4, -0.2) is 20.8 Å². The Morgan fingerprint density at radius 3 is 1.83 bits per heavy atom. The van der Waals surface area contributed by atoms with E-state index in [9.17, 15) is 4.79 Å². The number of aromatic nitrogens is 2. The Morgan fingerprint density at radius 2 is 1.38 bits per heavy atom. The van der Waals surface area contributed by atoms with Crippen molar-refractivity contribution in [2.75, 3.05) is 0 Å². The van der Waals surface area contributed by atoms with Crippen molar-refractivity contribution in [1.82, 2.24) is 14.9 Å². The lowest BCUT2D eigenvalue weighted by Crippen LogP contribution is -2.30. The Kier molecular flexibility index (Phi) is 5.18. The summed E-state index contributed by atoms with van der Waals surface area (Å²) < 4.78 is 0. The number of pyridine rings is 2. The number of hydrogen-bond acceptors (Lipinski definition) is 3. The SMILES string of the molecule is O=C(c1ccc(Cl)cc1)N(Cc1ccccn1)Cc1ccccn1. The van der Waals surface area contributed by atoms with E-state index in [-0.39, 0.29) is 5.91 Å². The maximum absolute atomic E-state index is 12.9. The molecule has 0 unspecified atom stereocenters. The molecule has 24 heavy (non-hydrogen) atoms. The number of carbonyl (C=O) groups excluding carboxylic acids is 1. The molecule has 0 aliphatic heterocycles. The number of hydrogen-bond donors (Lipinski definition) is 0. The van der Waals surface area contributed by atoms with E-state index in [1.807, 2.05) is 36.4 Å². The first kappa shape index (κ1) is 16.1. The summed E-state index contributed by atoms with van der Waals surface area (Å²) in [7, 11) is 0. The van der Waals surface area contributed by atoms with Crippen molar-refractivity contribution in [3.8, 4) is 0 Å². The molecular weight excluding hydrogens is 322 g/mol. The average Bonchev–Trinajstić information content (AvgIpc) is 2.63. The Morgan fingerprint density at radius 1 is 0.833 bits per heavy atom. The van der Waals surface area contributed by atoms with Gasteiger partial charge in [-0.25, -0.2) is 0 Å². The normalized spacial score (nSPS) is 10.4. The monoisotopic (exact) mass is 337 g/mol. The van der Waals surface area contributed by atoms with E-state index in [1.54, 1.807) is 41.6 Å². The molecule has 5 heteroatoms. The van der Waals surface area contributed by atoms with Crippen molar-refractivity contribution in [3.05, 3.63) is 95.0 Å². The van der Waals surface area contributed by atoms with Gasteiger partial charge in [0.15, 0.2) is 0 Å². The highest BCUT2D eigenvalue weighted by Crippen LogP contribution is 2.15. The zero-order valence-electron chi connectivity index (χ0n) is 13.0. The average molecular weight is 338 g/mol. The first-order chi connectivity index (χ1) is 11.7. The lowest BCUT2D eigenvalue weighted by Gasteiger charge is -2.22. The van der Waals surface area contributed by atoms with E-state index >= 15 is 0 Å². The second-order valence-corrected chi connectivity index (χ2v) is 5.75. The van der Waals surface area contributed by atoms with E-state index in [4.69, 9.17) is 11.6 Å². The quantitative estimate of drug-likeness (QED) is 0.707. The van der Waals surface area contributed by atoms with Crippen LogP contribution in [0.5, 0.6) is 0 Å². The molecule has 3 aromatic rings. The third kappa shape index (κ3) is 4.18. The number of amides is 1. The van der Waals surface area contributed by atoms with Gasteiger partial charge in [0.05, 0.1) is 24.5 Å². The van der Waals surface area contributed by atoms with Gasteiger partial charge in [-0.1, -0.05) is 23.7 Å². The highest BCUT2D eigenvalue weighted by Gasteiger charge is 2.17. The lowest BCUT2D eigenvalue weighted by atomic mass is 10.2. The Bertz CT molecular complexity index is 750. The fourth-order valence-corrected chi connectivity index (χ4v) is 2.47. The van der Waals surface area contributed by atoms with Gasteiger partial charge >= 0.3 is 0 Å². The highest BCUT2D eigenvalue weighted by atomic mass is 35.5. The maximum atomic E-state index is 12.9. The Balaban J connectivity index is 1.85. The topological polar surface area (TPSA) is 46.1 Å². The number of nitrogens with zero attached hydrogens (tertiary/aromatic N) is 3. The predicted octanol–water partition coefficient (Wildman–Crippen LogP) is 3.97. The number of benzene rings is 1. The molecule has 0 spiro atoms. The van der Waals surface area contributed by atoms with Gasteiger partial charge in [0.25, 0.3) is 5.91 Å². The smallest absolute Gasteiger partial charge is 0.254 e. The molecule has 0 saturated carbocycles. The van der Waals surface area contributed by atoms with Gasteiger partial charge < -0.3 is 4.90 Å². The summed E-state index contributed by atoms with van der Waals surface area (Å²) in [6.45, 7) is 0.831. The molecule has 0 bridgehead atoms. The van der Waals surface area contributed by atoms with Gasteiger partial charge in [-0.2, -0.15) is 0 Å². The molecule has 0 fully saturated rings. The van der Waals surface area contributed by atoms with E-state index in [0.29, 0.717) is 23.7 Å². The van der Waals surface area contributed by atoms with E-state index in [2.05, 4.69) is 9.97 Å². The van der Waals surface area contributed by atoms with Gasteiger partial charge in [-0.05, 0) is 48.5 Å². The minimum absolute atomic E-state index is 0.0806. The number of rotatable bonds is 5. The highest BCUT2D eigenvalue weighted by molar-refractivity contribution is 6.30. The molecule has 0 aliphatic rings. The molecule has 0 N–H and O–H groups in total. The molecule has 3 rings (SSSR count). The lowest BCUT2D eigenvalue weighted by molar-refractivity contribution is 0.0725. The predicted molar refractivity (Wildman–Crippen MR) is 93.5 cm³/mol. The molecule has 2 heterocycles. The first-order valence-electron chi connectivity index (χ1n) is 7.57. The molecule has 0 atom stereocenters. The molecule has 0 saturated heterocycles. The van der Waals surface area contributed by atoms with Crippen LogP contribution in [0.25, 0.3) is 0 Å². The van der Waals surface area contributed by atoms with Crippen LogP contribution in [0.4, 0.5) is 0 Å². The van der Waals surface area contributed by atoms with Crippen LogP contribution >= 0.6 is 11.6 Å². The molecule has 0 radical (unpaired) electrons. The largest absolute Gasteiger partial charge is 0.327 e. The van der Waals surface area contributed by atoms with Crippen LogP contribution < -0.4 is 0 Å². The fraction of sp³-hybridized carbons (Fsp3) is 0.105. The van der Waals surface area contributed by atoms with E-state index in [0.717, 1.165) is 11.4 Å². The first-order valence-corrected chi connectivity index (χ1v) is 7.95. The zero-order valence-corrected chi connectivity index (χ0v) is 13.7. The minimum atomic E-state index is -0.0806. The summed E-state index contributed by atoms with van der Waals surface area (Å²) >= 11 is 5.91. The zero-order chi connectivity index (χ0) is 16.8. The van der Waals surface area contributed by atoms with Gasteiger partial charge in [-0.3, -0.25) is 14.8 Å². The van der Waals surface area contributed by atoms with Crippen LogP contribution in [0.15, 0.2) is 73.1 Å². The Labute approximate surface area is 145 Å². The van der Waals surface area contributed by atoms with Crippen LogP contribution in [0.2, 0.25) is 5.02 Å². The Hall–Kier alpha value is -2.72. The van der Waals surface area contributed by atoms with Gasteiger partial charge in [0.2, 0.25) is 0 Å². The van der Waals surface area contributed by atoms with Crippen LogP contribution in [0.1, 0.15) is 21.7 Å². The minimum Gasteiger partial charge on any atom is -0.327 e.